The summed E-state index contributed by atoms with van der Waals surface area (Å²) in [4.78, 5) is 23.9. The molecule has 7 nitrogen and oxygen atoms in total. The smallest absolute Gasteiger partial charge is 0.258 e. The van der Waals surface area contributed by atoms with Crippen molar-refractivity contribution in [3.8, 4) is 0 Å². The van der Waals surface area contributed by atoms with Crippen molar-refractivity contribution in [3.63, 3.8) is 0 Å². The highest BCUT2D eigenvalue weighted by atomic mass is 32.1. The second kappa shape index (κ2) is 5.08. The molecule has 1 heterocycles. The first-order valence-corrected chi connectivity index (χ1v) is 4.17. The van der Waals surface area contributed by atoms with E-state index < -0.39 is 10.6 Å². The van der Waals surface area contributed by atoms with E-state index in [1.165, 1.54) is 0 Å². The van der Waals surface area contributed by atoms with Gasteiger partial charge in [0.2, 0.25) is 11.6 Å². The molecule has 0 aliphatic rings. The van der Waals surface area contributed by atoms with Crippen molar-refractivity contribution >= 4 is 52.1 Å². The molecule has 0 saturated heterocycles. The Bertz CT molecular complexity index is 468. The SMILES string of the molecule is O=[N+]([O-])c1c(N=C=S)ncnc1N=C=S. The minimum absolute atomic E-state index is 0.214. The highest BCUT2D eigenvalue weighted by Gasteiger charge is 2.21. The number of nitro groups is 1. The molecule has 1 aromatic rings. The summed E-state index contributed by atoms with van der Waals surface area (Å²) in [6, 6.07) is 0. The first kappa shape index (κ1) is 11.2. The molecule has 0 bridgehead atoms. The van der Waals surface area contributed by atoms with Gasteiger partial charge in [-0.15, -0.1) is 0 Å². The highest BCUT2D eigenvalue weighted by Crippen LogP contribution is 2.32. The van der Waals surface area contributed by atoms with E-state index in [-0.39, 0.29) is 11.6 Å². The Morgan fingerprint density at radius 1 is 1.27 bits per heavy atom. The Morgan fingerprint density at radius 3 is 2.07 bits per heavy atom. The van der Waals surface area contributed by atoms with Crippen molar-refractivity contribution in [2.75, 3.05) is 0 Å². The van der Waals surface area contributed by atoms with Gasteiger partial charge in [-0.3, -0.25) is 10.1 Å². The Labute approximate surface area is 93.8 Å². The lowest BCUT2D eigenvalue weighted by molar-refractivity contribution is -0.383. The van der Waals surface area contributed by atoms with E-state index in [4.69, 9.17) is 0 Å². The average molecular weight is 239 g/mol. The van der Waals surface area contributed by atoms with Crippen molar-refractivity contribution in [2.24, 2.45) is 9.98 Å². The zero-order valence-electron chi connectivity index (χ0n) is 6.95. The number of aromatic nitrogens is 2. The van der Waals surface area contributed by atoms with Gasteiger partial charge in [-0.05, 0) is 24.4 Å². The van der Waals surface area contributed by atoms with E-state index in [9.17, 15) is 10.1 Å². The molecular formula is C6HN5O2S2. The molecule has 0 aliphatic carbocycles. The molecule has 1 rings (SSSR count). The maximum absolute atomic E-state index is 10.7. The normalized spacial score (nSPS) is 8.53. The van der Waals surface area contributed by atoms with E-state index in [2.05, 4.69) is 44.4 Å². The number of rotatable bonds is 3. The van der Waals surface area contributed by atoms with Gasteiger partial charge in [-0.1, -0.05) is 0 Å². The molecule has 0 radical (unpaired) electrons. The third-order valence-electron chi connectivity index (χ3n) is 1.27. The fourth-order valence-electron chi connectivity index (χ4n) is 0.774. The van der Waals surface area contributed by atoms with Crippen LogP contribution >= 0.6 is 24.4 Å². The second-order valence-electron chi connectivity index (χ2n) is 2.03. The monoisotopic (exact) mass is 239 g/mol. The van der Waals surface area contributed by atoms with Crippen molar-refractivity contribution < 1.29 is 4.92 Å². The maximum atomic E-state index is 10.7. The summed E-state index contributed by atoms with van der Waals surface area (Å²) in [5.74, 6) is -0.428. The number of hydrogen-bond acceptors (Lipinski definition) is 8. The van der Waals surface area contributed by atoms with Crippen LogP contribution in [0.4, 0.5) is 17.3 Å². The van der Waals surface area contributed by atoms with Gasteiger partial charge in [0.15, 0.2) is 0 Å². The molecule has 0 atom stereocenters. The van der Waals surface area contributed by atoms with E-state index in [1.54, 1.807) is 0 Å². The van der Waals surface area contributed by atoms with Crippen LogP contribution in [-0.4, -0.2) is 25.2 Å². The summed E-state index contributed by atoms with van der Waals surface area (Å²) in [5.41, 5.74) is -0.479. The lowest BCUT2D eigenvalue weighted by Crippen LogP contribution is -1.93. The molecule has 0 aliphatic heterocycles. The molecule has 0 saturated carbocycles. The van der Waals surface area contributed by atoms with Gasteiger partial charge in [0, 0.05) is 0 Å². The Balaban J connectivity index is 3.54. The maximum Gasteiger partial charge on any atom is 0.359 e. The standard InChI is InChI=1S/C6HN5O2S2/c12-11(13)4-5(9-2-14)7-1-8-6(4)10-3-15/h1H. The number of isothiocyanates is 2. The van der Waals surface area contributed by atoms with Crippen LogP contribution in [0.3, 0.4) is 0 Å². The third-order valence-corrected chi connectivity index (χ3v) is 1.45. The molecule has 15 heavy (non-hydrogen) atoms. The number of hydrogen-bond donors (Lipinski definition) is 0. The van der Waals surface area contributed by atoms with Gasteiger partial charge < -0.3 is 0 Å². The van der Waals surface area contributed by atoms with Gasteiger partial charge in [0.25, 0.3) is 0 Å². The lowest BCUT2D eigenvalue weighted by atomic mass is 10.4. The molecule has 0 aromatic carbocycles. The van der Waals surface area contributed by atoms with E-state index in [0.29, 0.717) is 0 Å². The van der Waals surface area contributed by atoms with Gasteiger partial charge in [-0.25, -0.2) is 9.97 Å². The van der Waals surface area contributed by atoms with Gasteiger partial charge >= 0.3 is 5.69 Å². The van der Waals surface area contributed by atoms with Crippen LogP contribution in [0.1, 0.15) is 0 Å². The topological polar surface area (TPSA) is 93.6 Å². The largest absolute Gasteiger partial charge is 0.359 e. The van der Waals surface area contributed by atoms with Crippen molar-refractivity contribution in [1.82, 2.24) is 9.97 Å². The number of thiocarbonyl (C=S) groups is 2. The van der Waals surface area contributed by atoms with Crippen LogP contribution in [0.5, 0.6) is 0 Å². The molecular weight excluding hydrogens is 238 g/mol. The number of nitrogens with zero attached hydrogens (tertiary/aromatic N) is 5. The summed E-state index contributed by atoms with van der Waals surface area (Å²) < 4.78 is 0. The first-order chi connectivity index (χ1) is 7.20. The van der Waals surface area contributed by atoms with E-state index in [0.717, 1.165) is 6.33 Å². The zero-order valence-corrected chi connectivity index (χ0v) is 8.58. The van der Waals surface area contributed by atoms with Crippen LogP contribution < -0.4 is 0 Å². The minimum atomic E-state index is -0.725. The third kappa shape index (κ3) is 2.52. The van der Waals surface area contributed by atoms with Crippen LogP contribution in [-0.2, 0) is 0 Å². The van der Waals surface area contributed by atoms with Crippen molar-refractivity contribution in [2.45, 2.75) is 0 Å². The summed E-state index contributed by atoms with van der Waals surface area (Å²) in [7, 11) is 0. The lowest BCUT2D eigenvalue weighted by Gasteiger charge is -1.95. The van der Waals surface area contributed by atoms with Gasteiger partial charge in [0.1, 0.15) is 6.33 Å². The Morgan fingerprint density at radius 2 is 1.73 bits per heavy atom. The fourth-order valence-corrected chi connectivity index (χ4v) is 0.947. The van der Waals surface area contributed by atoms with Crippen molar-refractivity contribution in [1.29, 1.82) is 0 Å². The molecule has 0 fully saturated rings. The zero-order chi connectivity index (χ0) is 11.3. The predicted octanol–water partition coefficient (Wildman–Crippen LogP) is 1.85. The average Bonchev–Trinajstić information content (AvgIpc) is 2.18. The second-order valence-corrected chi connectivity index (χ2v) is 2.40. The van der Waals surface area contributed by atoms with E-state index in [1.807, 2.05) is 10.3 Å². The predicted molar refractivity (Wildman–Crippen MR) is 58.1 cm³/mol. The molecule has 9 heteroatoms. The summed E-state index contributed by atoms with van der Waals surface area (Å²) in [6.45, 7) is 0. The molecule has 74 valence electrons. The number of aliphatic imine (C=N–C) groups is 2. The molecule has 0 unspecified atom stereocenters. The quantitative estimate of drug-likeness (QED) is 0.346. The van der Waals surface area contributed by atoms with Gasteiger partial charge in [0.05, 0.1) is 15.2 Å². The Kier molecular flexibility index (Phi) is 3.78. The Hall–Kier alpha value is -1.92. The van der Waals surface area contributed by atoms with Crippen LogP contribution in [0.15, 0.2) is 16.3 Å². The molecule has 1 aromatic heterocycles. The minimum Gasteiger partial charge on any atom is -0.258 e. The molecule has 0 spiro atoms. The van der Waals surface area contributed by atoms with Crippen LogP contribution in [0, 0.1) is 10.1 Å². The summed E-state index contributed by atoms with van der Waals surface area (Å²) in [5, 5.41) is 14.6. The van der Waals surface area contributed by atoms with Crippen LogP contribution in [0.2, 0.25) is 0 Å². The van der Waals surface area contributed by atoms with Gasteiger partial charge in [-0.2, -0.15) is 9.98 Å². The van der Waals surface area contributed by atoms with Crippen LogP contribution in [0.25, 0.3) is 0 Å². The molecule has 0 amide bonds. The fraction of sp³-hybridized carbons (Fsp3) is 0. The van der Waals surface area contributed by atoms with E-state index >= 15 is 0 Å². The highest BCUT2D eigenvalue weighted by molar-refractivity contribution is 7.78. The van der Waals surface area contributed by atoms with Crippen molar-refractivity contribution in [3.05, 3.63) is 16.4 Å². The molecule has 0 N–H and O–H groups in total. The first-order valence-electron chi connectivity index (χ1n) is 3.36. The summed E-state index contributed by atoms with van der Waals surface area (Å²) in [6.07, 6.45) is 1.06. The summed E-state index contributed by atoms with van der Waals surface area (Å²) >= 11 is 8.64.